The van der Waals surface area contributed by atoms with Gasteiger partial charge in [0.15, 0.2) is 0 Å². The first kappa shape index (κ1) is 16.0. The van der Waals surface area contributed by atoms with Crippen LogP contribution < -0.4 is 5.32 Å². The summed E-state index contributed by atoms with van der Waals surface area (Å²) in [6.07, 6.45) is 4.59. The first-order valence-electron chi connectivity index (χ1n) is 6.61. The zero-order valence-corrected chi connectivity index (χ0v) is 12.2. The molecule has 0 heterocycles. The van der Waals surface area contributed by atoms with E-state index in [1.54, 1.807) is 0 Å². The molecule has 0 aliphatic rings. The average Bonchev–Trinajstić information content (AvgIpc) is 2.27. The van der Waals surface area contributed by atoms with Crippen LogP contribution in [0.4, 0.5) is 0 Å². The Labute approximate surface area is 106 Å². The minimum atomic E-state index is 0.121. The van der Waals surface area contributed by atoms with Crippen molar-refractivity contribution in [3.05, 3.63) is 22.9 Å². The lowest BCUT2D eigenvalue weighted by molar-refractivity contribution is -0.121. The summed E-state index contributed by atoms with van der Waals surface area (Å²) in [5, 5.41) is 3.07. The molecule has 0 aromatic rings. The molecule has 0 bridgehead atoms. The zero-order chi connectivity index (χ0) is 13.4. The number of nitrogens with one attached hydrogen (secondary N) is 1. The predicted molar refractivity (Wildman–Crippen MR) is 74.6 cm³/mol. The molecule has 0 aromatic carbocycles. The van der Waals surface area contributed by atoms with Crippen molar-refractivity contribution >= 4 is 5.91 Å². The summed E-state index contributed by atoms with van der Waals surface area (Å²) in [7, 11) is 0. The lowest BCUT2D eigenvalue weighted by Crippen LogP contribution is -2.26. The van der Waals surface area contributed by atoms with Gasteiger partial charge in [-0.05, 0) is 43.8 Å². The first-order valence-corrected chi connectivity index (χ1v) is 6.61. The zero-order valence-electron chi connectivity index (χ0n) is 12.2. The second-order valence-corrected chi connectivity index (χ2v) is 4.82. The summed E-state index contributed by atoms with van der Waals surface area (Å²) in [4.78, 5) is 11.8. The summed E-state index contributed by atoms with van der Waals surface area (Å²) in [6.45, 7) is 12.5. The second kappa shape index (κ2) is 8.10. The minimum absolute atomic E-state index is 0.121. The van der Waals surface area contributed by atoms with Gasteiger partial charge in [0.1, 0.15) is 0 Å². The van der Waals surface area contributed by atoms with Crippen LogP contribution in [-0.4, -0.2) is 5.91 Å². The molecule has 0 aliphatic heterocycles. The van der Waals surface area contributed by atoms with Gasteiger partial charge < -0.3 is 5.32 Å². The van der Waals surface area contributed by atoms with E-state index in [2.05, 4.69) is 46.0 Å². The Balaban J connectivity index is 4.93. The van der Waals surface area contributed by atoms with Crippen LogP contribution >= 0.6 is 0 Å². The van der Waals surface area contributed by atoms with E-state index < -0.39 is 0 Å². The van der Waals surface area contributed by atoms with Crippen LogP contribution in [0.2, 0.25) is 0 Å². The average molecular weight is 237 g/mol. The van der Waals surface area contributed by atoms with E-state index in [9.17, 15) is 4.79 Å². The Hall–Kier alpha value is -1.05. The number of carbonyl (C=O) groups excluding carboxylic acids is 1. The smallest absolute Gasteiger partial charge is 0.224 e. The molecule has 0 fully saturated rings. The van der Waals surface area contributed by atoms with Gasteiger partial charge in [-0.2, -0.15) is 0 Å². The molecular formula is C15H27NO. The van der Waals surface area contributed by atoms with Crippen LogP contribution in [0.25, 0.3) is 0 Å². The van der Waals surface area contributed by atoms with Crippen LogP contribution in [0.1, 0.15) is 60.8 Å². The van der Waals surface area contributed by atoms with Gasteiger partial charge in [0.2, 0.25) is 5.91 Å². The summed E-state index contributed by atoms with van der Waals surface area (Å²) in [5.41, 5.74) is 3.50. The fourth-order valence-corrected chi connectivity index (χ4v) is 1.72. The minimum Gasteiger partial charge on any atom is -0.326 e. The largest absolute Gasteiger partial charge is 0.326 e. The Bertz CT molecular complexity index is 311. The molecule has 0 aromatic heterocycles. The molecular weight excluding hydrogens is 210 g/mol. The molecule has 1 N–H and O–H groups in total. The topological polar surface area (TPSA) is 29.1 Å². The normalized spacial score (nSPS) is 13.7. The Morgan fingerprint density at radius 1 is 1.24 bits per heavy atom. The molecule has 0 atom stereocenters. The fraction of sp³-hybridized carbons (Fsp3) is 0.667. The number of hydrogen-bond acceptors (Lipinski definition) is 1. The van der Waals surface area contributed by atoms with E-state index >= 15 is 0 Å². The highest BCUT2D eigenvalue weighted by Crippen LogP contribution is 2.18. The second-order valence-electron chi connectivity index (χ2n) is 4.82. The molecule has 1 amide bonds. The summed E-state index contributed by atoms with van der Waals surface area (Å²) in [5.74, 6) is 0.518. The van der Waals surface area contributed by atoms with Gasteiger partial charge in [0, 0.05) is 12.1 Å². The van der Waals surface area contributed by atoms with Crippen molar-refractivity contribution in [3.8, 4) is 0 Å². The van der Waals surface area contributed by atoms with Crippen molar-refractivity contribution in [1.82, 2.24) is 5.32 Å². The third-order valence-corrected chi connectivity index (χ3v) is 2.87. The highest BCUT2D eigenvalue weighted by Gasteiger charge is 2.11. The van der Waals surface area contributed by atoms with Crippen LogP contribution in [0, 0.1) is 5.92 Å². The maximum absolute atomic E-state index is 11.8. The molecule has 0 spiro atoms. The summed E-state index contributed by atoms with van der Waals surface area (Å²) in [6, 6.07) is 0. The SMILES string of the molecule is C/C=C(CC)\C(NC(=O)CC(C)C)=C(/C)CC. The standard InChI is InChI=1S/C15H27NO/c1-7-12(6)15(13(8-2)9-3)16-14(17)10-11(4)5/h8,11H,7,9-10H2,1-6H3,(H,16,17)/b13-8-,15-12-. The van der Waals surface area contributed by atoms with Gasteiger partial charge in [0.05, 0.1) is 0 Å². The molecule has 0 rings (SSSR count). The molecule has 2 nitrogen and oxygen atoms in total. The number of allylic oxidation sites excluding steroid dienone is 3. The quantitative estimate of drug-likeness (QED) is 0.690. The van der Waals surface area contributed by atoms with Crippen LogP contribution in [0.15, 0.2) is 22.9 Å². The molecule has 2 heteroatoms. The van der Waals surface area contributed by atoms with Gasteiger partial charge in [-0.25, -0.2) is 0 Å². The highest BCUT2D eigenvalue weighted by molar-refractivity contribution is 5.79. The number of hydrogen-bond donors (Lipinski definition) is 1. The number of rotatable bonds is 6. The highest BCUT2D eigenvalue weighted by atomic mass is 16.1. The fourth-order valence-electron chi connectivity index (χ4n) is 1.72. The van der Waals surface area contributed by atoms with Gasteiger partial charge in [0.25, 0.3) is 0 Å². The van der Waals surface area contributed by atoms with E-state index in [-0.39, 0.29) is 5.91 Å². The monoisotopic (exact) mass is 237 g/mol. The summed E-state index contributed by atoms with van der Waals surface area (Å²) >= 11 is 0. The Morgan fingerprint density at radius 3 is 2.18 bits per heavy atom. The lowest BCUT2D eigenvalue weighted by atomic mass is 10.0. The molecule has 0 aliphatic carbocycles. The molecule has 0 unspecified atom stereocenters. The van der Waals surface area contributed by atoms with Crippen molar-refractivity contribution in [1.29, 1.82) is 0 Å². The number of amides is 1. The first-order chi connectivity index (χ1) is 7.96. The van der Waals surface area contributed by atoms with E-state index in [4.69, 9.17) is 0 Å². The molecule has 0 saturated carbocycles. The molecule has 0 saturated heterocycles. The third-order valence-electron chi connectivity index (χ3n) is 2.87. The molecule has 98 valence electrons. The van der Waals surface area contributed by atoms with Gasteiger partial charge in [-0.15, -0.1) is 0 Å². The van der Waals surface area contributed by atoms with E-state index in [0.717, 1.165) is 18.5 Å². The van der Waals surface area contributed by atoms with E-state index in [0.29, 0.717) is 12.3 Å². The Kier molecular flexibility index (Phi) is 7.60. The van der Waals surface area contributed by atoms with E-state index in [1.807, 2.05) is 6.92 Å². The van der Waals surface area contributed by atoms with Gasteiger partial charge in [-0.1, -0.05) is 33.8 Å². The maximum atomic E-state index is 11.8. The van der Waals surface area contributed by atoms with E-state index in [1.165, 1.54) is 11.1 Å². The molecule has 17 heavy (non-hydrogen) atoms. The molecule has 0 radical (unpaired) electrons. The van der Waals surface area contributed by atoms with Crippen molar-refractivity contribution in [3.63, 3.8) is 0 Å². The number of carbonyl (C=O) groups is 1. The van der Waals surface area contributed by atoms with Crippen molar-refractivity contribution in [2.45, 2.75) is 60.8 Å². The third kappa shape index (κ3) is 5.71. The maximum Gasteiger partial charge on any atom is 0.224 e. The van der Waals surface area contributed by atoms with Gasteiger partial charge >= 0.3 is 0 Å². The van der Waals surface area contributed by atoms with Gasteiger partial charge in [-0.3, -0.25) is 4.79 Å². The van der Waals surface area contributed by atoms with Crippen LogP contribution in [0.5, 0.6) is 0 Å². The lowest BCUT2D eigenvalue weighted by Gasteiger charge is -2.16. The van der Waals surface area contributed by atoms with Crippen molar-refractivity contribution < 1.29 is 4.79 Å². The summed E-state index contributed by atoms with van der Waals surface area (Å²) < 4.78 is 0. The van der Waals surface area contributed by atoms with Crippen LogP contribution in [-0.2, 0) is 4.79 Å². The Morgan fingerprint density at radius 2 is 1.82 bits per heavy atom. The van der Waals surface area contributed by atoms with Crippen LogP contribution in [0.3, 0.4) is 0 Å². The van der Waals surface area contributed by atoms with Crippen molar-refractivity contribution in [2.75, 3.05) is 0 Å². The predicted octanol–water partition coefficient (Wildman–Crippen LogP) is 4.19. The van der Waals surface area contributed by atoms with Crippen molar-refractivity contribution in [2.24, 2.45) is 5.92 Å².